The van der Waals surface area contributed by atoms with Gasteiger partial charge in [-0.15, -0.1) is 0 Å². The zero-order valence-electron chi connectivity index (χ0n) is 13.0. The molecule has 1 aliphatic rings. The summed E-state index contributed by atoms with van der Waals surface area (Å²) in [5, 5.41) is 4.58. The minimum absolute atomic E-state index is 0.0532. The molecule has 1 aromatic carbocycles. The molecular weight excluding hydrogens is 318 g/mol. The lowest BCUT2D eigenvalue weighted by molar-refractivity contribution is -0.0276. The number of halogens is 1. The van der Waals surface area contributed by atoms with E-state index in [1.807, 2.05) is 13.8 Å². The third kappa shape index (κ3) is 3.54. The number of hydrogen-bond acceptors (Lipinski definition) is 5. The maximum absolute atomic E-state index is 12.6. The number of benzene rings is 1. The first-order chi connectivity index (χ1) is 11.0. The van der Waals surface area contributed by atoms with E-state index in [4.69, 9.17) is 20.9 Å². The first-order valence-corrected chi connectivity index (χ1v) is 7.92. The van der Waals surface area contributed by atoms with Crippen LogP contribution in [0.3, 0.4) is 0 Å². The Balaban J connectivity index is 1.72. The number of hydrogen-bond donors (Lipinski definition) is 0. The topological polar surface area (TPSA) is 68.5 Å². The first kappa shape index (κ1) is 16.0. The van der Waals surface area contributed by atoms with E-state index in [0.29, 0.717) is 42.0 Å². The Morgan fingerprint density at radius 1 is 1.35 bits per heavy atom. The van der Waals surface area contributed by atoms with Crippen molar-refractivity contribution in [2.45, 2.75) is 25.9 Å². The second-order valence-corrected chi connectivity index (χ2v) is 6.20. The summed E-state index contributed by atoms with van der Waals surface area (Å²) in [7, 11) is 0. The molecule has 0 aliphatic carbocycles. The molecule has 1 saturated heterocycles. The predicted molar refractivity (Wildman–Crippen MR) is 84.4 cm³/mol. The SMILES string of the molecule is CC(C)c1nc(C2CN(C(=O)c3ccc(Cl)cc3)CCO2)no1. The molecule has 1 aliphatic heterocycles. The predicted octanol–water partition coefficient (Wildman–Crippen LogP) is 3.06. The molecule has 1 fully saturated rings. The van der Waals surface area contributed by atoms with Gasteiger partial charge in [0.15, 0.2) is 0 Å². The minimum atomic E-state index is -0.365. The highest BCUT2D eigenvalue weighted by atomic mass is 35.5. The van der Waals surface area contributed by atoms with Gasteiger partial charge in [0, 0.05) is 23.0 Å². The van der Waals surface area contributed by atoms with Crippen molar-refractivity contribution in [2.75, 3.05) is 19.7 Å². The summed E-state index contributed by atoms with van der Waals surface area (Å²) in [6, 6.07) is 6.86. The summed E-state index contributed by atoms with van der Waals surface area (Å²) in [6.45, 7) is 5.34. The van der Waals surface area contributed by atoms with Crippen LogP contribution in [0.2, 0.25) is 5.02 Å². The Morgan fingerprint density at radius 2 is 2.09 bits per heavy atom. The zero-order chi connectivity index (χ0) is 16.4. The Labute approximate surface area is 139 Å². The number of ether oxygens (including phenoxy) is 1. The van der Waals surface area contributed by atoms with E-state index < -0.39 is 0 Å². The van der Waals surface area contributed by atoms with Crippen LogP contribution in [0, 0.1) is 0 Å². The largest absolute Gasteiger partial charge is 0.366 e. The van der Waals surface area contributed by atoms with E-state index >= 15 is 0 Å². The molecular formula is C16H18ClN3O3. The fourth-order valence-electron chi connectivity index (χ4n) is 2.38. The van der Waals surface area contributed by atoms with Gasteiger partial charge in [0.1, 0.15) is 6.10 Å². The van der Waals surface area contributed by atoms with Gasteiger partial charge in [-0.3, -0.25) is 4.79 Å². The highest BCUT2D eigenvalue weighted by Gasteiger charge is 2.29. The van der Waals surface area contributed by atoms with Gasteiger partial charge in [0.25, 0.3) is 5.91 Å². The van der Waals surface area contributed by atoms with Crippen molar-refractivity contribution in [3.63, 3.8) is 0 Å². The van der Waals surface area contributed by atoms with Crippen molar-refractivity contribution in [3.05, 3.63) is 46.6 Å². The summed E-state index contributed by atoms with van der Waals surface area (Å²) in [4.78, 5) is 18.7. The van der Waals surface area contributed by atoms with Crippen molar-refractivity contribution >= 4 is 17.5 Å². The summed E-state index contributed by atoms with van der Waals surface area (Å²) in [6.07, 6.45) is -0.365. The van der Waals surface area contributed by atoms with Crippen molar-refractivity contribution in [1.29, 1.82) is 0 Å². The van der Waals surface area contributed by atoms with E-state index in [1.165, 1.54) is 0 Å². The van der Waals surface area contributed by atoms with Gasteiger partial charge < -0.3 is 14.2 Å². The fourth-order valence-corrected chi connectivity index (χ4v) is 2.50. The van der Waals surface area contributed by atoms with E-state index in [0.717, 1.165) is 0 Å². The lowest BCUT2D eigenvalue weighted by atomic mass is 10.1. The molecule has 0 saturated carbocycles. The number of carbonyl (C=O) groups is 1. The Bertz CT molecular complexity index is 684. The third-order valence-corrected chi connectivity index (χ3v) is 3.94. The molecule has 2 aromatic rings. The normalized spacial score (nSPS) is 18.4. The van der Waals surface area contributed by atoms with Gasteiger partial charge in [-0.25, -0.2) is 0 Å². The maximum atomic E-state index is 12.6. The molecule has 6 nitrogen and oxygen atoms in total. The first-order valence-electron chi connectivity index (χ1n) is 7.54. The molecule has 0 radical (unpaired) electrons. The van der Waals surface area contributed by atoms with Gasteiger partial charge in [0.05, 0.1) is 13.2 Å². The quantitative estimate of drug-likeness (QED) is 0.862. The number of amides is 1. The van der Waals surface area contributed by atoms with Crippen molar-refractivity contribution in [2.24, 2.45) is 0 Å². The van der Waals surface area contributed by atoms with Crippen LogP contribution < -0.4 is 0 Å². The second-order valence-electron chi connectivity index (χ2n) is 5.76. The number of carbonyl (C=O) groups excluding carboxylic acids is 1. The van der Waals surface area contributed by atoms with Crippen LogP contribution in [0.1, 0.15) is 47.9 Å². The van der Waals surface area contributed by atoms with E-state index in [1.54, 1.807) is 29.2 Å². The average Bonchev–Trinajstić information content (AvgIpc) is 3.05. The van der Waals surface area contributed by atoms with Gasteiger partial charge in [-0.05, 0) is 24.3 Å². The Hall–Kier alpha value is -1.92. The molecule has 0 bridgehead atoms. The molecule has 122 valence electrons. The molecule has 1 unspecified atom stereocenters. The average molecular weight is 336 g/mol. The van der Waals surface area contributed by atoms with Crippen LogP contribution >= 0.6 is 11.6 Å². The lowest BCUT2D eigenvalue weighted by Gasteiger charge is -2.31. The summed E-state index contributed by atoms with van der Waals surface area (Å²) in [5.74, 6) is 1.17. The zero-order valence-corrected chi connectivity index (χ0v) is 13.8. The van der Waals surface area contributed by atoms with Crippen molar-refractivity contribution < 1.29 is 14.1 Å². The van der Waals surface area contributed by atoms with Gasteiger partial charge >= 0.3 is 0 Å². The van der Waals surface area contributed by atoms with Crippen LogP contribution in [-0.4, -0.2) is 40.6 Å². The van der Waals surface area contributed by atoms with Crippen LogP contribution in [-0.2, 0) is 4.74 Å². The maximum Gasteiger partial charge on any atom is 0.254 e. The molecule has 23 heavy (non-hydrogen) atoms. The molecule has 1 amide bonds. The van der Waals surface area contributed by atoms with Crippen LogP contribution in [0.15, 0.2) is 28.8 Å². The smallest absolute Gasteiger partial charge is 0.254 e. The van der Waals surface area contributed by atoms with Crippen LogP contribution in [0.4, 0.5) is 0 Å². The third-order valence-electron chi connectivity index (χ3n) is 3.68. The summed E-state index contributed by atoms with van der Waals surface area (Å²) in [5.41, 5.74) is 0.603. The highest BCUT2D eigenvalue weighted by molar-refractivity contribution is 6.30. The number of nitrogens with zero attached hydrogens (tertiary/aromatic N) is 3. The Kier molecular flexibility index (Phi) is 4.63. The van der Waals surface area contributed by atoms with Crippen LogP contribution in [0.25, 0.3) is 0 Å². The monoisotopic (exact) mass is 335 g/mol. The number of aromatic nitrogens is 2. The molecule has 1 aromatic heterocycles. The molecule has 0 N–H and O–H groups in total. The number of rotatable bonds is 3. The summed E-state index contributed by atoms with van der Waals surface area (Å²) < 4.78 is 10.9. The molecule has 7 heteroatoms. The number of morpholine rings is 1. The van der Waals surface area contributed by atoms with E-state index in [2.05, 4.69) is 10.1 Å². The molecule has 2 heterocycles. The molecule has 1 atom stereocenters. The van der Waals surface area contributed by atoms with E-state index in [9.17, 15) is 4.79 Å². The Morgan fingerprint density at radius 3 is 2.74 bits per heavy atom. The highest BCUT2D eigenvalue weighted by Crippen LogP contribution is 2.23. The van der Waals surface area contributed by atoms with Crippen molar-refractivity contribution in [3.8, 4) is 0 Å². The second kappa shape index (κ2) is 6.68. The summed E-state index contributed by atoms with van der Waals surface area (Å²) >= 11 is 5.86. The fraction of sp³-hybridized carbons (Fsp3) is 0.438. The van der Waals surface area contributed by atoms with Gasteiger partial charge in [-0.1, -0.05) is 30.6 Å². The van der Waals surface area contributed by atoms with E-state index in [-0.39, 0.29) is 17.9 Å². The molecule has 3 rings (SSSR count). The standard InChI is InChI=1S/C16H18ClN3O3/c1-10(2)15-18-14(19-23-15)13-9-20(7-8-22-13)16(21)11-3-5-12(17)6-4-11/h3-6,10,13H,7-9H2,1-2H3. The molecule has 0 spiro atoms. The van der Waals surface area contributed by atoms with Crippen molar-refractivity contribution in [1.82, 2.24) is 15.0 Å². The van der Waals surface area contributed by atoms with Gasteiger partial charge in [-0.2, -0.15) is 4.98 Å². The lowest BCUT2D eigenvalue weighted by Crippen LogP contribution is -2.42. The van der Waals surface area contributed by atoms with Gasteiger partial charge in [0.2, 0.25) is 11.7 Å². The van der Waals surface area contributed by atoms with Crippen LogP contribution in [0.5, 0.6) is 0 Å². The minimum Gasteiger partial charge on any atom is -0.366 e.